The van der Waals surface area contributed by atoms with Crippen molar-refractivity contribution in [1.82, 2.24) is 0 Å². The van der Waals surface area contributed by atoms with E-state index in [1.165, 1.54) is 0 Å². The number of nitrogen functional groups attached to an aromatic ring is 1. The molecular weight excluding hydrogens is 202 g/mol. The van der Waals surface area contributed by atoms with Gasteiger partial charge in [0.15, 0.2) is 0 Å². The highest BCUT2D eigenvalue weighted by molar-refractivity contribution is 6.00. The maximum absolute atomic E-state index is 11.1. The van der Waals surface area contributed by atoms with Crippen LogP contribution in [0.4, 0.5) is 11.4 Å². The molecule has 0 radical (unpaired) electrons. The topological polar surface area (TPSA) is 81.1 Å². The fourth-order valence-corrected chi connectivity index (χ4v) is 1.36. The molecule has 0 fully saturated rings. The minimum Gasteiger partial charge on any atom is -0.396 e. The van der Waals surface area contributed by atoms with Crippen LogP contribution < -0.4 is 16.8 Å². The molecule has 1 aromatic carbocycles. The molecule has 16 heavy (non-hydrogen) atoms. The SMILES string of the molecule is CCC(C)CNc1cccc(C(N)=O)c1N. The average molecular weight is 221 g/mol. The third kappa shape index (κ3) is 2.89. The first kappa shape index (κ1) is 12.4. The zero-order valence-corrected chi connectivity index (χ0v) is 9.79. The normalized spacial score (nSPS) is 12.1. The van der Waals surface area contributed by atoms with Crippen molar-refractivity contribution in [3.8, 4) is 0 Å². The summed E-state index contributed by atoms with van der Waals surface area (Å²) in [6, 6.07) is 5.26. The molecule has 88 valence electrons. The number of rotatable bonds is 5. The Kier molecular flexibility index (Phi) is 4.17. The molecule has 1 aromatic rings. The van der Waals surface area contributed by atoms with Crippen LogP contribution in [0.25, 0.3) is 0 Å². The summed E-state index contributed by atoms with van der Waals surface area (Å²) < 4.78 is 0. The second kappa shape index (κ2) is 5.39. The number of nitrogens with two attached hydrogens (primary N) is 2. The van der Waals surface area contributed by atoms with Gasteiger partial charge in [0.2, 0.25) is 0 Å². The first-order valence-electron chi connectivity index (χ1n) is 5.48. The summed E-state index contributed by atoms with van der Waals surface area (Å²) in [5.74, 6) is 0.0707. The van der Waals surface area contributed by atoms with Crippen LogP contribution in [0.5, 0.6) is 0 Å². The summed E-state index contributed by atoms with van der Waals surface area (Å²) in [6.07, 6.45) is 1.10. The van der Waals surface area contributed by atoms with Gasteiger partial charge in [-0.3, -0.25) is 4.79 Å². The molecule has 1 amide bonds. The molecule has 5 N–H and O–H groups in total. The van der Waals surface area contributed by atoms with Gasteiger partial charge in [0.1, 0.15) is 0 Å². The van der Waals surface area contributed by atoms with Gasteiger partial charge in [0, 0.05) is 6.54 Å². The Morgan fingerprint density at radius 1 is 1.50 bits per heavy atom. The summed E-state index contributed by atoms with van der Waals surface area (Å²) in [4.78, 5) is 11.1. The van der Waals surface area contributed by atoms with E-state index in [4.69, 9.17) is 11.5 Å². The molecule has 0 saturated carbocycles. The number of anilines is 2. The van der Waals surface area contributed by atoms with Crippen molar-refractivity contribution in [3.05, 3.63) is 23.8 Å². The van der Waals surface area contributed by atoms with Crippen molar-refractivity contribution in [2.45, 2.75) is 20.3 Å². The summed E-state index contributed by atoms with van der Waals surface area (Å²) in [6.45, 7) is 5.12. The average Bonchev–Trinajstić information content (AvgIpc) is 2.26. The molecule has 1 rings (SSSR count). The summed E-state index contributed by atoms with van der Waals surface area (Å²) in [7, 11) is 0. The predicted molar refractivity (Wildman–Crippen MR) is 67.3 cm³/mol. The van der Waals surface area contributed by atoms with Gasteiger partial charge < -0.3 is 16.8 Å². The molecule has 4 heteroatoms. The van der Waals surface area contributed by atoms with Crippen molar-refractivity contribution in [3.63, 3.8) is 0 Å². The number of carbonyl (C=O) groups is 1. The smallest absolute Gasteiger partial charge is 0.250 e. The molecule has 0 heterocycles. The third-order valence-electron chi connectivity index (χ3n) is 2.71. The highest BCUT2D eigenvalue weighted by Crippen LogP contribution is 2.22. The number of nitrogens with one attached hydrogen (secondary N) is 1. The molecule has 4 nitrogen and oxygen atoms in total. The van der Waals surface area contributed by atoms with Crippen molar-refractivity contribution >= 4 is 17.3 Å². The van der Waals surface area contributed by atoms with E-state index in [9.17, 15) is 4.79 Å². The van der Waals surface area contributed by atoms with Crippen LogP contribution in [-0.4, -0.2) is 12.5 Å². The van der Waals surface area contributed by atoms with E-state index in [-0.39, 0.29) is 0 Å². The number of hydrogen-bond donors (Lipinski definition) is 3. The van der Waals surface area contributed by atoms with Crippen LogP contribution in [0, 0.1) is 5.92 Å². The van der Waals surface area contributed by atoms with Crippen LogP contribution in [0.2, 0.25) is 0 Å². The lowest BCUT2D eigenvalue weighted by Gasteiger charge is -2.14. The van der Waals surface area contributed by atoms with Gasteiger partial charge in [-0.1, -0.05) is 26.3 Å². The van der Waals surface area contributed by atoms with Gasteiger partial charge in [0.25, 0.3) is 5.91 Å². The van der Waals surface area contributed by atoms with Crippen LogP contribution in [-0.2, 0) is 0 Å². The molecule has 1 unspecified atom stereocenters. The van der Waals surface area contributed by atoms with E-state index in [1.807, 2.05) is 6.07 Å². The molecule has 0 aromatic heterocycles. The first-order chi connectivity index (χ1) is 7.56. The lowest BCUT2D eigenvalue weighted by atomic mass is 10.1. The zero-order chi connectivity index (χ0) is 12.1. The second-order valence-electron chi connectivity index (χ2n) is 4.03. The lowest BCUT2D eigenvalue weighted by molar-refractivity contribution is 0.100. The van der Waals surface area contributed by atoms with Gasteiger partial charge in [0.05, 0.1) is 16.9 Å². The van der Waals surface area contributed by atoms with E-state index in [0.717, 1.165) is 18.7 Å². The van der Waals surface area contributed by atoms with Gasteiger partial charge in [-0.15, -0.1) is 0 Å². The molecule has 0 bridgehead atoms. The van der Waals surface area contributed by atoms with Crippen LogP contribution >= 0.6 is 0 Å². The Morgan fingerprint density at radius 3 is 2.75 bits per heavy atom. The number of para-hydroxylation sites is 1. The Labute approximate surface area is 96.0 Å². The first-order valence-corrected chi connectivity index (χ1v) is 5.48. The highest BCUT2D eigenvalue weighted by atomic mass is 16.1. The van der Waals surface area contributed by atoms with Crippen molar-refractivity contribution in [2.75, 3.05) is 17.6 Å². The molecular formula is C12H19N3O. The van der Waals surface area contributed by atoms with Crippen molar-refractivity contribution in [2.24, 2.45) is 11.7 Å². The van der Waals surface area contributed by atoms with Crippen molar-refractivity contribution in [1.29, 1.82) is 0 Å². The number of amides is 1. The molecule has 0 aliphatic rings. The summed E-state index contributed by atoms with van der Waals surface area (Å²) in [5, 5.41) is 3.23. The lowest BCUT2D eigenvalue weighted by Crippen LogP contribution is -2.16. The standard InChI is InChI=1S/C12H19N3O/c1-3-8(2)7-15-10-6-4-5-9(11(10)13)12(14)16/h4-6,8,15H,3,7,13H2,1-2H3,(H2,14,16). The maximum Gasteiger partial charge on any atom is 0.250 e. The largest absolute Gasteiger partial charge is 0.396 e. The van der Waals surface area contributed by atoms with Gasteiger partial charge in [-0.2, -0.15) is 0 Å². The number of benzene rings is 1. The third-order valence-corrected chi connectivity index (χ3v) is 2.71. The number of primary amides is 1. The molecule has 0 spiro atoms. The fourth-order valence-electron chi connectivity index (χ4n) is 1.36. The molecule has 0 aliphatic carbocycles. The fraction of sp³-hybridized carbons (Fsp3) is 0.417. The van der Waals surface area contributed by atoms with E-state index in [0.29, 0.717) is 17.2 Å². The Balaban J connectivity index is 2.81. The van der Waals surface area contributed by atoms with E-state index < -0.39 is 5.91 Å². The quantitative estimate of drug-likeness (QED) is 0.663. The highest BCUT2D eigenvalue weighted by Gasteiger charge is 2.09. The Morgan fingerprint density at radius 2 is 2.19 bits per heavy atom. The maximum atomic E-state index is 11.1. The Hall–Kier alpha value is -1.71. The van der Waals surface area contributed by atoms with Crippen LogP contribution in [0.1, 0.15) is 30.6 Å². The molecule has 0 saturated heterocycles. The monoisotopic (exact) mass is 221 g/mol. The molecule has 0 aliphatic heterocycles. The number of hydrogen-bond acceptors (Lipinski definition) is 3. The van der Waals surface area contributed by atoms with E-state index in [1.54, 1.807) is 12.1 Å². The Bertz CT molecular complexity index is 377. The minimum atomic E-state index is -0.496. The summed E-state index contributed by atoms with van der Waals surface area (Å²) >= 11 is 0. The molecule has 1 atom stereocenters. The summed E-state index contributed by atoms with van der Waals surface area (Å²) in [5.41, 5.74) is 12.6. The van der Waals surface area contributed by atoms with E-state index in [2.05, 4.69) is 19.2 Å². The zero-order valence-electron chi connectivity index (χ0n) is 9.79. The van der Waals surface area contributed by atoms with Gasteiger partial charge in [-0.05, 0) is 18.1 Å². The van der Waals surface area contributed by atoms with Crippen molar-refractivity contribution < 1.29 is 4.79 Å². The van der Waals surface area contributed by atoms with Gasteiger partial charge in [-0.25, -0.2) is 0 Å². The second-order valence-corrected chi connectivity index (χ2v) is 4.03. The number of carbonyl (C=O) groups excluding carboxylic acids is 1. The van der Waals surface area contributed by atoms with Gasteiger partial charge >= 0.3 is 0 Å². The van der Waals surface area contributed by atoms with Crippen LogP contribution in [0.15, 0.2) is 18.2 Å². The minimum absolute atomic E-state index is 0.370. The van der Waals surface area contributed by atoms with E-state index >= 15 is 0 Å². The predicted octanol–water partition coefficient (Wildman–Crippen LogP) is 1.83. The van der Waals surface area contributed by atoms with Crippen LogP contribution in [0.3, 0.4) is 0 Å².